The molecule has 0 spiro atoms. The van der Waals surface area contributed by atoms with Crippen LogP contribution in [0, 0.1) is 18.3 Å². The predicted molar refractivity (Wildman–Crippen MR) is 102 cm³/mol. The van der Waals surface area contributed by atoms with Gasteiger partial charge in [-0.15, -0.1) is 0 Å². The van der Waals surface area contributed by atoms with E-state index in [9.17, 15) is 0 Å². The normalized spacial score (nSPS) is 10.5. The number of H-pyrrole nitrogens is 1. The molecule has 0 aliphatic rings. The maximum absolute atomic E-state index is 9.07. The molecule has 0 saturated carbocycles. The van der Waals surface area contributed by atoms with E-state index in [4.69, 9.17) is 33.2 Å². The summed E-state index contributed by atoms with van der Waals surface area (Å²) in [6.07, 6.45) is 0. The van der Waals surface area contributed by atoms with E-state index in [0.29, 0.717) is 35.2 Å². The lowest BCUT2D eigenvalue weighted by atomic mass is 10.2. The number of aryl methyl sites for hydroxylation is 1. The van der Waals surface area contributed by atoms with Crippen LogP contribution in [-0.4, -0.2) is 10.2 Å². The molecule has 2 aromatic carbocycles. The average molecular weight is 387 g/mol. The molecule has 1 heterocycles. The van der Waals surface area contributed by atoms with E-state index in [1.807, 2.05) is 31.2 Å². The lowest BCUT2D eigenvalue weighted by Crippen LogP contribution is -2.13. The fourth-order valence-electron chi connectivity index (χ4n) is 2.49. The summed E-state index contributed by atoms with van der Waals surface area (Å²) in [5.74, 6) is 1.11. The van der Waals surface area contributed by atoms with E-state index in [2.05, 4.69) is 21.6 Å². The molecule has 3 rings (SSSR count). The Hall–Kier alpha value is -2.52. The molecule has 0 atom stereocenters. The summed E-state index contributed by atoms with van der Waals surface area (Å²) in [4.78, 5) is 0. The standard InChI is InChI=1S/C19H16Cl2N4O/c1-12-19(26-16-7-13(9-22)6-15(20)8-16)18(25-24-12)11-23-10-14-4-2-3-5-17(14)21/h2-8,23H,10-11H2,1H3,(H,24,25). The number of aromatic nitrogens is 2. The van der Waals surface area contributed by atoms with Gasteiger partial charge < -0.3 is 10.1 Å². The van der Waals surface area contributed by atoms with E-state index in [-0.39, 0.29) is 0 Å². The minimum absolute atomic E-state index is 0.437. The lowest BCUT2D eigenvalue weighted by Gasteiger charge is -2.09. The van der Waals surface area contributed by atoms with Gasteiger partial charge >= 0.3 is 0 Å². The molecule has 0 aliphatic heterocycles. The largest absolute Gasteiger partial charge is 0.453 e. The zero-order chi connectivity index (χ0) is 18.5. The zero-order valence-corrected chi connectivity index (χ0v) is 15.5. The average Bonchev–Trinajstić information content (AvgIpc) is 2.96. The van der Waals surface area contributed by atoms with Crippen molar-refractivity contribution < 1.29 is 4.74 Å². The number of hydrogen-bond acceptors (Lipinski definition) is 4. The first kappa shape index (κ1) is 18.3. The van der Waals surface area contributed by atoms with Crippen LogP contribution in [-0.2, 0) is 13.1 Å². The molecule has 5 nitrogen and oxygen atoms in total. The number of benzene rings is 2. The molecule has 1 aromatic heterocycles. The molecule has 0 radical (unpaired) electrons. The van der Waals surface area contributed by atoms with Gasteiger partial charge in [0, 0.05) is 23.1 Å². The Morgan fingerprint density at radius 2 is 2.00 bits per heavy atom. The maximum atomic E-state index is 9.07. The smallest absolute Gasteiger partial charge is 0.172 e. The van der Waals surface area contributed by atoms with Gasteiger partial charge in [0.05, 0.1) is 17.3 Å². The Balaban J connectivity index is 1.72. The van der Waals surface area contributed by atoms with Crippen molar-refractivity contribution in [3.05, 3.63) is 75.0 Å². The van der Waals surface area contributed by atoms with Crippen LogP contribution in [0.1, 0.15) is 22.5 Å². The Morgan fingerprint density at radius 1 is 1.19 bits per heavy atom. The van der Waals surface area contributed by atoms with Crippen LogP contribution in [0.2, 0.25) is 10.0 Å². The maximum Gasteiger partial charge on any atom is 0.172 e. The highest BCUT2D eigenvalue weighted by Crippen LogP contribution is 2.30. The summed E-state index contributed by atoms with van der Waals surface area (Å²) >= 11 is 12.2. The number of aromatic amines is 1. The Morgan fingerprint density at radius 3 is 2.77 bits per heavy atom. The number of hydrogen-bond donors (Lipinski definition) is 2. The van der Waals surface area contributed by atoms with E-state index in [0.717, 1.165) is 22.0 Å². The van der Waals surface area contributed by atoms with Crippen molar-refractivity contribution in [2.45, 2.75) is 20.0 Å². The molecule has 3 aromatic rings. The molecule has 26 heavy (non-hydrogen) atoms. The van der Waals surface area contributed by atoms with E-state index < -0.39 is 0 Å². The first-order valence-corrected chi connectivity index (χ1v) is 8.69. The van der Waals surface area contributed by atoms with Gasteiger partial charge in [0.1, 0.15) is 11.4 Å². The highest BCUT2D eigenvalue weighted by Gasteiger charge is 2.13. The summed E-state index contributed by atoms with van der Waals surface area (Å²) < 4.78 is 5.93. The van der Waals surface area contributed by atoms with Crippen molar-refractivity contribution in [1.29, 1.82) is 5.26 Å². The topological polar surface area (TPSA) is 73.7 Å². The van der Waals surface area contributed by atoms with Crippen molar-refractivity contribution in [2.24, 2.45) is 0 Å². The van der Waals surface area contributed by atoms with Crippen molar-refractivity contribution in [2.75, 3.05) is 0 Å². The molecule has 7 heteroatoms. The molecular formula is C19H16Cl2N4O. The fraction of sp³-hybridized carbons (Fsp3) is 0.158. The summed E-state index contributed by atoms with van der Waals surface area (Å²) in [6, 6.07) is 14.6. The van der Waals surface area contributed by atoms with Gasteiger partial charge in [-0.1, -0.05) is 41.4 Å². The molecule has 0 aliphatic carbocycles. The number of nitrogens with one attached hydrogen (secondary N) is 2. The van der Waals surface area contributed by atoms with Gasteiger partial charge in [-0.25, -0.2) is 0 Å². The number of rotatable bonds is 6. The van der Waals surface area contributed by atoms with Gasteiger partial charge in [-0.3, -0.25) is 5.10 Å². The van der Waals surface area contributed by atoms with Crippen LogP contribution in [0.5, 0.6) is 11.5 Å². The summed E-state index contributed by atoms with van der Waals surface area (Å²) in [5.41, 5.74) is 2.97. The third-order valence-corrected chi connectivity index (χ3v) is 4.33. The quantitative estimate of drug-likeness (QED) is 0.626. The van der Waals surface area contributed by atoms with Gasteiger partial charge in [0.2, 0.25) is 0 Å². The molecule has 132 valence electrons. The van der Waals surface area contributed by atoms with E-state index >= 15 is 0 Å². The Labute approximate surface area is 161 Å². The van der Waals surface area contributed by atoms with Crippen LogP contribution >= 0.6 is 23.2 Å². The second kappa shape index (κ2) is 8.24. The first-order chi connectivity index (χ1) is 12.6. The second-order valence-corrected chi connectivity index (χ2v) is 6.55. The number of ether oxygens (including phenoxy) is 1. The molecular weight excluding hydrogens is 371 g/mol. The van der Waals surface area contributed by atoms with Crippen LogP contribution in [0.25, 0.3) is 0 Å². The third kappa shape index (κ3) is 4.36. The second-order valence-electron chi connectivity index (χ2n) is 5.71. The molecule has 0 amide bonds. The van der Waals surface area contributed by atoms with Gasteiger partial charge in [0.25, 0.3) is 0 Å². The van der Waals surface area contributed by atoms with Crippen molar-refractivity contribution >= 4 is 23.2 Å². The van der Waals surface area contributed by atoms with Crippen molar-refractivity contribution in [3.63, 3.8) is 0 Å². The van der Waals surface area contributed by atoms with Gasteiger partial charge in [-0.2, -0.15) is 10.4 Å². The Kier molecular flexibility index (Phi) is 5.79. The monoisotopic (exact) mass is 386 g/mol. The van der Waals surface area contributed by atoms with Crippen molar-refractivity contribution in [1.82, 2.24) is 15.5 Å². The molecule has 0 fully saturated rings. The molecule has 0 saturated heterocycles. The SMILES string of the molecule is Cc1[nH]nc(CNCc2ccccc2Cl)c1Oc1cc(Cl)cc(C#N)c1. The summed E-state index contributed by atoms with van der Waals surface area (Å²) in [5, 5.41) is 20.7. The predicted octanol–water partition coefficient (Wildman–Crippen LogP) is 4.98. The highest BCUT2D eigenvalue weighted by molar-refractivity contribution is 6.31. The zero-order valence-electron chi connectivity index (χ0n) is 14.0. The fourth-order valence-corrected chi connectivity index (χ4v) is 2.91. The van der Waals surface area contributed by atoms with Crippen molar-refractivity contribution in [3.8, 4) is 17.6 Å². The highest BCUT2D eigenvalue weighted by atomic mass is 35.5. The number of nitriles is 1. The van der Waals surface area contributed by atoms with Crippen LogP contribution in [0.4, 0.5) is 0 Å². The Bertz CT molecular complexity index is 962. The third-order valence-electron chi connectivity index (χ3n) is 3.75. The van der Waals surface area contributed by atoms with Crippen LogP contribution < -0.4 is 10.1 Å². The summed E-state index contributed by atoms with van der Waals surface area (Å²) in [6.45, 7) is 2.98. The number of halogens is 2. The summed E-state index contributed by atoms with van der Waals surface area (Å²) in [7, 11) is 0. The molecule has 0 bridgehead atoms. The first-order valence-electron chi connectivity index (χ1n) is 7.93. The van der Waals surface area contributed by atoms with E-state index in [1.165, 1.54) is 0 Å². The molecule has 0 unspecified atom stereocenters. The minimum Gasteiger partial charge on any atom is -0.453 e. The minimum atomic E-state index is 0.437. The van der Waals surface area contributed by atoms with Gasteiger partial charge in [-0.05, 0) is 36.8 Å². The molecule has 2 N–H and O–H groups in total. The van der Waals surface area contributed by atoms with Crippen LogP contribution in [0.15, 0.2) is 42.5 Å². The lowest BCUT2D eigenvalue weighted by molar-refractivity contribution is 0.469. The van der Waals surface area contributed by atoms with E-state index in [1.54, 1.807) is 18.2 Å². The van der Waals surface area contributed by atoms with Gasteiger partial charge in [0.15, 0.2) is 5.75 Å². The number of nitrogens with zero attached hydrogens (tertiary/aromatic N) is 2. The van der Waals surface area contributed by atoms with Crippen LogP contribution in [0.3, 0.4) is 0 Å².